The third-order valence-electron chi connectivity index (χ3n) is 7.75. The van der Waals surface area contributed by atoms with Crippen LogP contribution in [0.15, 0.2) is 102 Å². The lowest BCUT2D eigenvalue weighted by Crippen LogP contribution is -2.41. The molecule has 6 rings (SSSR count). The van der Waals surface area contributed by atoms with Crippen LogP contribution in [0.4, 0.5) is 0 Å². The van der Waals surface area contributed by atoms with Crippen molar-refractivity contribution in [2.45, 2.75) is 38.3 Å². The van der Waals surface area contributed by atoms with Gasteiger partial charge in [0, 0.05) is 34.4 Å². The number of carbonyl (C=O) groups excluding carboxylic acids is 1. The van der Waals surface area contributed by atoms with Gasteiger partial charge in [-0.2, -0.15) is 0 Å². The van der Waals surface area contributed by atoms with Gasteiger partial charge in [0.2, 0.25) is 18.3 Å². The van der Waals surface area contributed by atoms with E-state index >= 15 is 0 Å². The van der Waals surface area contributed by atoms with Gasteiger partial charge in [-0.15, -0.1) is 0 Å². The number of hydrogen-bond donors (Lipinski definition) is 2. The van der Waals surface area contributed by atoms with Crippen LogP contribution in [-0.2, 0) is 23.2 Å². The Morgan fingerprint density at radius 2 is 1.79 bits per heavy atom. The Bertz CT molecular complexity index is 1660. The Balaban J connectivity index is 1.28. The summed E-state index contributed by atoms with van der Waals surface area (Å²) in [5, 5.41) is 21.6. The summed E-state index contributed by atoms with van der Waals surface area (Å²) < 4.78 is 6.93. The third-order valence-corrected chi connectivity index (χ3v) is 7.75. The topological polar surface area (TPSA) is 77.8 Å². The van der Waals surface area contributed by atoms with Crippen LogP contribution in [-0.4, -0.2) is 27.7 Å². The highest BCUT2D eigenvalue weighted by atomic mass is 16.5. The van der Waals surface area contributed by atoms with Crippen molar-refractivity contribution >= 4 is 16.9 Å². The van der Waals surface area contributed by atoms with Crippen molar-refractivity contribution in [3.05, 3.63) is 136 Å². The first kappa shape index (κ1) is 24.9. The minimum Gasteiger partial charge on any atom is -0.458 e. The van der Waals surface area contributed by atoms with E-state index < -0.39 is 5.60 Å². The summed E-state index contributed by atoms with van der Waals surface area (Å²) in [6.07, 6.45) is 4.02. The van der Waals surface area contributed by atoms with E-state index in [0.29, 0.717) is 23.5 Å². The zero-order valence-corrected chi connectivity index (χ0v) is 22.0. The lowest BCUT2D eigenvalue weighted by Gasteiger charge is -2.38. The van der Waals surface area contributed by atoms with Crippen molar-refractivity contribution in [3.8, 4) is 0 Å². The smallest absolute Gasteiger partial charge is 0.227 e. The normalized spacial score (nSPS) is 16.6. The van der Waals surface area contributed by atoms with Crippen molar-refractivity contribution in [2.75, 3.05) is 6.54 Å². The van der Waals surface area contributed by atoms with Crippen molar-refractivity contribution < 1.29 is 24.3 Å². The van der Waals surface area contributed by atoms with E-state index in [1.165, 1.54) is 29.1 Å². The molecule has 1 amide bonds. The maximum absolute atomic E-state index is 13.8. The largest absolute Gasteiger partial charge is 0.458 e. The lowest BCUT2D eigenvalue weighted by atomic mass is 9.87. The second-order valence-electron chi connectivity index (χ2n) is 10.6. The molecule has 3 heterocycles. The summed E-state index contributed by atoms with van der Waals surface area (Å²) in [5.74, 6) is 0.468. The van der Waals surface area contributed by atoms with E-state index in [2.05, 4.69) is 37.3 Å². The molecule has 2 atom stereocenters. The maximum Gasteiger partial charge on any atom is 0.227 e. The van der Waals surface area contributed by atoms with Gasteiger partial charge in [0.05, 0.1) is 12.5 Å². The van der Waals surface area contributed by atoms with Gasteiger partial charge in [-0.25, -0.2) is 0 Å². The monoisotopic (exact) mass is 519 g/mol. The van der Waals surface area contributed by atoms with E-state index in [9.17, 15) is 15.1 Å². The predicted molar refractivity (Wildman–Crippen MR) is 147 cm³/mol. The summed E-state index contributed by atoms with van der Waals surface area (Å²) in [6, 6.07) is 27.5. The van der Waals surface area contributed by atoms with Gasteiger partial charge in [0.25, 0.3) is 0 Å². The highest BCUT2D eigenvalue weighted by Crippen LogP contribution is 2.37. The minimum atomic E-state index is -1.38. The molecule has 6 nitrogen and oxygen atoms in total. The zero-order valence-electron chi connectivity index (χ0n) is 22.0. The number of hydrogen-bond acceptors (Lipinski definition) is 4. The quantitative estimate of drug-likeness (QED) is 0.246. The second kappa shape index (κ2) is 9.71. The number of rotatable bonds is 5. The van der Waals surface area contributed by atoms with Crippen molar-refractivity contribution in [1.29, 1.82) is 0 Å². The number of nitrogens with zero attached hydrogens (tertiary/aromatic N) is 2. The van der Waals surface area contributed by atoms with Crippen LogP contribution < -0.4 is 4.73 Å². The van der Waals surface area contributed by atoms with Crippen LogP contribution in [0.3, 0.4) is 0 Å². The average Bonchev–Trinajstić information content (AvgIpc) is 3.37. The van der Waals surface area contributed by atoms with E-state index in [1.807, 2.05) is 47.4 Å². The zero-order chi connectivity index (χ0) is 27.1. The van der Waals surface area contributed by atoms with Crippen molar-refractivity contribution in [2.24, 2.45) is 0 Å². The van der Waals surface area contributed by atoms with Crippen LogP contribution in [0.25, 0.3) is 11.0 Å². The lowest BCUT2D eigenvalue weighted by molar-refractivity contribution is -0.904. The predicted octanol–water partition coefficient (Wildman–Crippen LogP) is 5.24. The van der Waals surface area contributed by atoms with Crippen LogP contribution in [0.2, 0.25) is 0 Å². The molecule has 0 saturated heterocycles. The molecule has 0 saturated carbocycles. The molecule has 0 radical (unpaired) electrons. The van der Waals surface area contributed by atoms with Crippen molar-refractivity contribution in [3.63, 3.8) is 0 Å². The molecule has 0 aliphatic carbocycles. The van der Waals surface area contributed by atoms with Gasteiger partial charge in [0.15, 0.2) is 0 Å². The molecular weight excluding hydrogens is 488 g/mol. The standard InChI is InChI=1S/C33H31N2O4/c1-22-8-10-28-25(18-22)12-17-35(32(28)24-6-4-3-5-7-24)31(36)20-23-9-11-29-26(19-23)21-30(39-29)33(2,37)27-13-15-34(38)16-14-27/h3-11,13-16,18-19,21,32,37-38H,12,17,20H2,1-2H3/q+1. The molecule has 0 fully saturated rings. The van der Waals surface area contributed by atoms with Gasteiger partial charge < -0.3 is 14.4 Å². The van der Waals surface area contributed by atoms with E-state index in [0.717, 1.165) is 27.7 Å². The highest BCUT2D eigenvalue weighted by molar-refractivity contribution is 5.84. The first-order chi connectivity index (χ1) is 18.8. The molecule has 0 spiro atoms. The molecule has 5 aromatic rings. The van der Waals surface area contributed by atoms with Crippen molar-refractivity contribution in [1.82, 2.24) is 4.90 Å². The summed E-state index contributed by atoms with van der Waals surface area (Å²) in [6.45, 7) is 4.43. The Morgan fingerprint density at radius 3 is 2.56 bits per heavy atom. The SMILES string of the molecule is Cc1ccc2c(c1)CCN(C(=O)Cc1ccc3oc(C(C)(O)c4cc[n+](O)cc4)cc3c1)C2c1ccccc1. The summed E-state index contributed by atoms with van der Waals surface area (Å²) in [4.78, 5) is 15.8. The Kier molecular flexibility index (Phi) is 6.20. The van der Waals surface area contributed by atoms with E-state index in [1.54, 1.807) is 19.1 Å². The number of pyridine rings is 1. The minimum absolute atomic E-state index is 0.0757. The second-order valence-corrected chi connectivity index (χ2v) is 10.6. The molecule has 0 bridgehead atoms. The fraction of sp³-hybridized carbons (Fsp3) is 0.212. The maximum atomic E-state index is 13.8. The van der Waals surface area contributed by atoms with Crippen LogP contribution >= 0.6 is 0 Å². The first-order valence-corrected chi connectivity index (χ1v) is 13.2. The van der Waals surface area contributed by atoms with E-state index in [-0.39, 0.29) is 18.4 Å². The first-order valence-electron chi connectivity index (χ1n) is 13.2. The number of fused-ring (bicyclic) bond motifs is 2. The third kappa shape index (κ3) is 4.68. The number of aliphatic hydroxyl groups is 1. The number of furan rings is 1. The van der Waals surface area contributed by atoms with Crippen LogP contribution in [0.5, 0.6) is 0 Å². The van der Waals surface area contributed by atoms with Crippen LogP contribution in [0.1, 0.15) is 52.1 Å². The molecule has 6 heteroatoms. The molecule has 39 heavy (non-hydrogen) atoms. The number of aryl methyl sites for hydroxylation is 1. The van der Waals surface area contributed by atoms with Crippen LogP contribution in [0, 0.1) is 6.92 Å². The fourth-order valence-electron chi connectivity index (χ4n) is 5.62. The summed E-state index contributed by atoms with van der Waals surface area (Å²) in [7, 11) is 0. The van der Waals surface area contributed by atoms with Gasteiger partial charge in [0.1, 0.15) is 16.9 Å². The highest BCUT2D eigenvalue weighted by Gasteiger charge is 2.33. The molecule has 3 aromatic carbocycles. The molecule has 2 N–H and O–H groups in total. The Labute approximate surface area is 227 Å². The Hall–Kier alpha value is -4.42. The molecule has 1 aliphatic rings. The fourth-order valence-corrected chi connectivity index (χ4v) is 5.62. The Morgan fingerprint density at radius 1 is 1.03 bits per heavy atom. The molecule has 2 aromatic heterocycles. The van der Waals surface area contributed by atoms with Gasteiger partial charge in [-0.3, -0.25) is 10.0 Å². The number of carbonyl (C=O) groups is 1. The summed E-state index contributed by atoms with van der Waals surface area (Å²) >= 11 is 0. The number of benzene rings is 3. The van der Waals surface area contributed by atoms with Gasteiger partial charge >= 0.3 is 0 Å². The summed E-state index contributed by atoms with van der Waals surface area (Å²) in [5.41, 5.74) is 5.58. The number of aromatic nitrogens is 1. The van der Waals surface area contributed by atoms with Gasteiger partial charge in [-0.1, -0.05) is 60.2 Å². The molecule has 2 unspecified atom stereocenters. The van der Waals surface area contributed by atoms with Gasteiger partial charge in [-0.05, 0) is 60.7 Å². The number of amides is 1. The molecule has 196 valence electrons. The average molecular weight is 520 g/mol. The molecular formula is C33H31N2O4+. The molecule has 1 aliphatic heterocycles. The van der Waals surface area contributed by atoms with E-state index in [4.69, 9.17) is 4.42 Å².